The van der Waals surface area contributed by atoms with Crippen LogP contribution in [0.2, 0.25) is 0 Å². The number of hydrogen-bond donors (Lipinski definition) is 2. The van der Waals surface area contributed by atoms with Gasteiger partial charge in [-0.2, -0.15) is 5.10 Å². The zero-order chi connectivity index (χ0) is 18.6. The van der Waals surface area contributed by atoms with Crippen LogP contribution in [0.1, 0.15) is 11.4 Å². The lowest BCUT2D eigenvalue weighted by atomic mass is 10.2. The number of aromatic amines is 1. The molecule has 3 heterocycles. The average molecular weight is 361 g/mol. The Morgan fingerprint density at radius 2 is 2.19 bits per heavy atom. The average Bonchev–Trinajstić information content (AvgIpc) is 3.31. The summed E-state index contributed by atoms with van der Waals surface area (Å²) < 4.78 is 1.85. The lowest BCUT2D eigenvalue weighted by Crippen LogP contribution is -2.29. The molecule has 0 aliphatic rings. The van der Waals surface area contributed by atoms with Crippen molar-refractivity contribution in [1.82, 2.24) is 35.0 Å². The van der Waals surface area contributed by atoms with Gasteiger partial charge in [0.1, 0.15) is 12.4 Å². The van der Waals surface area contributed by atoms with Gasteiger partial charge in [0.05, 0.1) is 17.4 Å². The third kappa shape index (κ3) is 3.69. The van der Waals surface area contributed by atoms with Crippen LogP contribution in [0, 0.1) is 6.92 Å². The number of rotatable bonds is 6. The monoisotopic (exact) mass is 361 g/mol. The van der Waals surface area contributed by atoms with E-state index in [1.54, 1.807) is 18.7 Å². The van der Waals surface area contributed by atoms with Crippen LogP contribution in [0.5, 0.6) is 0 Å². The Bertz CT molecular complexity index is 1070. The molecule has 2 N–H and O–H groups in total. The van der Waals surface area contributed by atoms with Gasteiger partial charge in [-0.15, -0.1) is 0 Å². The Labute approximate surface area is 155 Å². The SMILES string of the molecule is Cc1cccc2c1ncn2CC(=O)NCCc1nc(-c2cccnc2)n[nH]1. The molecule has 0 aliphatic carbocycles. The first kappa shape index (κ1) is 16.9. The van der Waals surface area contributed by atoms with Crippen molar-refractivity contribution < 1.29 is 4.79 Å². The van der Waals surface area contributed by atoms with Gasteiger partial charge in [-0.1, -0.05) is 12.1 Å². The van der Waals surface area contributed by atoms with Crippen LogP contribution in [0.3, 0.4) is 0 Å². The van der Waals surface area contributed by atoms with Crippen molar-refractivity contribution in [1.29, 1.82) is 0 Å². The molecule has 1 amide bonds. The van der Waals surface area contributed by atoms with Gasteiger partial charge in [0, 0.05) is 30.9 Å². The summed E-state index contributed by atoms with van der Waals surface area (Å²) in [7, 11) is 0. The molecular formula is C19H19N7O. The Kier molecular flexibility index (Phi) is 4.61. The minimum Gasteiger partial charge on any atom is -0.354 e. The van der Waals surface area contributed by atoms with Crippen LogP contribution >= 0.6 is 0 Å². The molecule has 0 aliphatic heterocycles. The Hall–Kier alpha value is -3.55. The summed E-state index contributed by atoms with van der Waals surface area (Å²) in [6, 6.07) is 9.69. The molecule has 8 nitrogen and oxygen atoms in total. The van der Waals surface area contributed by atoms with Crippen molar-refractivity contribution in [3.63, 3.8) is 0 Å². The number of fused-ring (bicyclic) bond motifs is 1. The predicted octanol–water partition coefficient (Wildman–Crippen LogP) is 1.88. The number of pyridine rings is 1. The van der Waals surface area contributed by atoms with Crippen molar-refractivity contribution in [3.05, 3.63) is 60.4 Å². The van der Waals surface area contributed by atoms with Crippen LogP contribution < -0.4 is 5.32 Å². The molecule has 1 aromatic carbocycles. The van der Waals surface area contributed by atoms with Gasteiger partial charge in [-0.25, -0.2) is 9.97 Å². The van der Waals surface area contributed by atoms with E-state index in [1.807, 2.05) is 41.8 Å². The first-order valence-corrected chi connectivity index (χ1v) is 8.69. The molecule has 0 saturated carbocycles. The number of H-pyrrole nitrogens is 1. The van der Waals surface area contributed by atoms with E-state index >= 15 is 0 Å². The number of nitrogens with one attached hydrogen (secondary N) is 2. The van der Waals surface area contributed by atoms with Gasteiger partial charge in [0.25, 0.3) is 0 Å². The zero-order valence-corrected chi connectivity index (χ0v) is 14.9. The lowest BCUT2D eigenvalue weighted by Gasteiger charge is -2.06. The number of carbonyl (C=O) groups is 1. The molecule has 0 radical (unpaired) electrons. The second-order valence-corrected chi connectivity index (χ2v) is 6.26. The number of nitrogens with zero attached hydrogens (tertiary/aromatic N) is 5. The number of hydrogen-bond acceptors (Lipinski definition) is 5. The molecule has 8 heteroatoms. The maximum absolute atomic E-state index is 12.2. The lowest BCUT2D eigenvalue weighted by molar-refractivity contribution is -0.121. The number of carbonyl (C=O) groups excluding carboxylic acids is 1. The van der Waals surface area contributed by atoms with Crippen molar-refractivity contribution in [2.75, 3.05) is 6.54 Å². The summed E-state index contributed by atoms with van der Waals surface area (Å²) in [6.07, 6.45) is 5.69. The standard InChI is InChI=1S/C19H19N7O/c1-13-4-2-6-15-18(13)22-12-26(15)11-17(27)21-9-7-16-23-19(25-24-16)14-5-3-8-20-10-14/h2-6,8,10,12H,7,9,11H2,1H3,(H,21,27)(H,23,24,25). The van der Waals surface area contributed by atoms with Crippen molar-refractivity contribution in [2.45, 2.75) is 19.9 Å². The van der Waals surface area contributed by atoms with Gasteiger partial charge >= 0.3 is 0 Å². The summed E-state index contributed by atoms with van der Waals surface area (Å²) >= 11 is 0. The quantitative estimate of drug-likeness (QED) is 0.546. The molecule has 136 valence electrons. The minimum atomic E-state index is -0.0668. The number of aryl methyl sites for hydroxylation is 1. The minimum absolute atomic E-state index is 0.0668. The summed E-state index contributed by atoms with van der Waals surface area (Å²) in [5.74, 6) is 1.25. The Balaban J connectivity index is 1.32. The fourth-order valence-corrected chi connectivity index (χ4v) is 2.92. The van der Waals surface area contributed by atoms with Crippen LogP contribution in [-0.4, -0.2) is 42.2 Å². The van der Waals surface area contributed by atoms with Gasteiger partial charge < -0.3 is 9.88 Å². The van der Waals surface area contributed by atoms with Crippen LogP contribution in [-0.2, 0) is 17.8 Å². The van der Waals surface area contributed by atoms with E-state index in [9.17, 15) is 4.79 Å². The maximum atomic E-state index is 12.2. The van der Waals surface area contributed by atoms with E-state index in [-0.39, 0.29) is 12.5 Å². The third-order valence-electron chi connectivity index (χ3n) is 4.30. The predicted molar refractivity (Wildman–Crippen MR) is 101 cm³/mol. The highest BCUT2D eigenvalue weighted by atomic mass is 16.1. The van der Waals surface area contributed by atoms with E-state index in [4.69, 9.17) is 0 Å². The molecule has 0 spiro atoms. The molecular weight excluding hydrogens is 342 g/mol. The van der Waals surface area contributed by atoms with Crippen LogP contribution in [0.4, 0.5) is 0 Å². The highest BCUT2D eigenvalue weighted by molar-refractivity contribution is 5.82. The number of imidazole rings is 1. The fourth-order valence-electron chi connectivity index (χ4n) is 2.92. The summed E-state index contributed by atoms with van der Waals surface area (Å²) in [4.78, 5) is 25.1. The molecule has 0 unspecified atom stereocenters. The molecule has 3 aromatic heterocycles. The highest BCUT2D eigenvalue weighted by Crippen LogP contribution is 2.16. The number of aromatic nitrogens is 6. The smallest absolute Gasteiger partial charge is 0.240 e. The summed E-state index contributed by atoms with van der Waals surface area (Å²) in [5, 5.41) is 9.99. The van der Waals surface area contributed by atoms with E-state index in [0.717, 1.165) is 28.0 Å². The second kappa shape index (κ2) is 7.36. The number of para-hydroxylation sites is 1. The number of benzene rings is 1. The van der Waals surface area contributed by atoms with Crippen molar-refractivity contribution in [2.24, 2.45) is 0 Å². The summed E-state index contributed by atoms with van der Waals surface area (Å²) in [5.41, 5.74) is 3.84. The molecule has 0 fully saturated rings. The van der Waals surface area contributed by atoms with Gasteiger partial charge in [0.2, 0.25) is 5.91 Å². The van der Waals surface area contributed by atoms with E-state index in [2.05, 4.69) is 30.5 Å². The van der Waals surface area contributed by atoms with Gasteiger partial charge in [-0.05, 0) is 30.7 Å². The zero-order valence-electron chi connectivity index (χ0n) is 14.9. The molecule has 4 rings (SSSR count). The van der Waals surface area contributed by atoms with Crippen LogP contribution in [0.15, 0.2) is 49.1 Å². The highest BCUT2D eigenvalue weighted by Gasteiger charge is 2.09. The molecule has 0 saturated heterocycles. The summed E-state index contributed by atoms with van der Waals surface area (Å²) in [6.45, 7) is 2.72. The van der Waals surface area contributed by atoms with Crippen LogP contribution in [0.25, 0.3) is 22.4 Å². The topological polar surface area (TPSA) is 101 Å². The van der Waals surface area contributed by atoms with Gasteiger partial charge in [0.15, 0.2) is 5.82 Å². The third-order valence-corrected chi connectivity index (χ3v) is 4.30. The largest absolute Gasteiger partial charge is 0.354 e. The molecule has 4 aromatic rings. The van der Waals surface area contributed by atoms with Crippen molar-refractivity contribution >= 4 is 16.9 Å². The second-order valence-electron chi connectivity index (χ2n) is 6.26. The fraction of sp³-hybridized carbons (Fsp3) is 0.211. The van der Waals surface area contributed by atoms with E-state index in [1.165, 1.54) is 0 Å². The molecule has 0 bridgehead atoms. The van der Waals surface area contributed by atoms with E-state index in [0.29, 0.717) is 18.8 Å². The number of amides is 1. The van der Waals surface area contributed by atoms with Crippen molar-refractivity contribution in [3.8, 4) is 11.4 Å². The first-order valence-electron chi connectivity index (χ1n) is 8.69. The van der Waals surface area contributed by atoms with Gasteiger partial charge in [-0.3, -0.25) is 14.9 Å². The first-order chi connectivity index (χ1) is 13.2. The maximum Gasteiger partial charge on any atom is 0.240 e. The Morgan fingerprint density at radius 3 is 3.04 bits per heavy atom. The van der Waals surface area contributed by atoms with E-state index < -0.39 is 0 Å². The molecule has 27 heavy (non-hydrogen) atoms. The Morgan fingerprint density at radius 1 is 1.26 bits per heavy atom. The normalized spacial score (nSPS) is 11.0. The molecule has 0 atom stereocenters.